The molecule has 3 aromatic rings. The van der Waals surface area contributed by atoms with E-state index in [1.807, 2.05) is 0 Å². The van der Waals surface area contributed by atoms with Gasteiger partial charge in [0.25, 0.3) is 0 Å². The molecule has 1 fully saturated rings. The van der Waals surface area contributed by atoms with Gasteiger partial charge in [-0.05, 0) is 30.7 Å². The number of rotatable bonds is 7. The molecule has 0 bridgehead atoms. The number of nitrogens with one attached hydrogen (secondary N) is 1. The minimum absolute atomic E-state index is 0.0532. The number of halogens is 1. The van der Waals surface area contributed by atoms with Crippen molar-refractivity contribution in [3.8, 4) is 5.75 Å². The Morgan fingerprint density at radius 2 is 1.94 bits per heavy atom. The van der Waals surface area contributed by atoms with E-state index in [4.69, 9.17) is 14.2 Å². The fourth-order valence-corrected chi connectivity index (χ4v) is 3.70. The molecule has 1 aliphatic rings. The van der Waals surface area contributed by atoms with Crippen molar-refractivity contribution in [2.45, 2.75) is 38.3 Å². The van der Waals surface area contributed by atoms with E-state index in [2.05, 4.69) is 41.5 Å². The lowest BCUT2D eigenvalue weighted by molar-refractivity contribution is -0.202. The lowest BCUT2D eigenvalue weighted by atomic mass is 10.0. The lowest BCUT2D eigenvalue weighted by Gasteiger charge is -2.31. The van der Waals surface area contributed by atoms with Gasteiger partial charge in [-0.1, -0.05) is 29.8 Å². The Morgan fingerprint density at radius 1 is 1.19 bits per heavy atom. The van der Waals surface area contributed by atoms with E-state index in [1.54, 1.807) is 18.2 Å². The molecule has 1 aromatic heterocycles. The fourth-order valence-electron chi connectivity index (χ4n) is 3.70. The quantitative estimate of drug-likeness (QED) is 0.601. The number of fused-ring (bicyclic) bond motifs is 1. The molecule has 2 heterocycles. The third-order valence-corrected chi connectivity index (χ3v) is 5.50. The summed E-state index contributed by atoms with van der Waals surface area (Å²) in [6.45, 7) is 3.69. The first-order valence-electron chi connectivity index (χ1n) is 10.4. The smallest absolute Gasteiger partial charge is 0.160 e. The van der Waals surface area contributed by atoms with Crippen molar-refractivity contribution in [3.63, 3.8) is 0 Å². The van der Waals surface area contributed by atoms with Crippen molar-refractivity contribution < 1.29 is 23.7 Å². The molecule has 0 radical (unpaired) electrons. The average Bonchev–Trinajstić information content (AvgIpc) is 2.79. The second-order valence-corrected chi connectivity index (χ2v) is 7.81. The molecule has 4 rings (SSSR count). The molecule has 31 heavy (non-hydrogen) atoms. The van der Waals surface area contributed by atoms with E-state index >= 15 is 0 Å². The zero-order valence-corrected chi connectivity index (χ0v) is 17.7. The van der Waals surface area contributed by atoms with Gasteiger partial charge in [0.2, 0.25) is 0 Å². The minimum Gasteiger partial charge on any atom is -0.497 e. The molecular formula is C24H27FN2O4. The van der Waals surface area contributed by atoms with Crippen molar-refractivity contribution in [3.05, 3.63) is 71.2 Å². The Balaban J connectivity index is 1.35. The number of pyridine rings is 1. The van der Waals surface area contributed by atoms with E-state index in [9.17, 15) is 9.50 Å². The molecule has 1 aliphatic heterocycles. The van der Waals surface area contributed by atoms with Crippen LogP contribution in [0.1, 0.15) is 29.2 Å². The number of hydrogen-bond donors (Lipinski definition) is 2. The van der Waals surface area contributed by atoms with Gasteiger partial charge in [0.15, 0.2) is 6.29 Å². The molecule has 1 unspecified atom stereocenters. The van der Waals surface area contributed by atoms with Crippen molar-refractivity contribution in [1.29, 1.82) is 0 Å². The van der Waals surface area contributed by atoms with E-state index in [-0.39, 0.29) is 18.0 Å². The Labute approximate surface area is 181 Å². The van der Waals surface area contributed by atoms with Gasteiger partial charge in [-0.25, -0.2) is 4.39 Å². The highest BCUT2D eigenvalue weighted by Gasteiger charge is 2.27. The van der Waals surface area contributed by atoms with Crippen molar-refractivity contribution in [2.75, 3.05) is 20.3 Å². The molecule has 1 saturated heterocycles. The number of ether oxygens (including phenoxy) is 3. The van der Waals surface area contributed by atoms with Gasteiger partial charge in [-0.3, -0.25) is 4.98 Å². The van der Waals surface area contributed by atoms with Crippen LogP contribution in [-0.4, -0.2) is 42.7 Å². The molecule has 0 spiro atoms. The van der Waals surface area contributed by atoms with Crippen LogP contribution in [0.2, 0.25) is 0 Å². The van der Waals surface area contributed by atoms with Crippen molar-refractivity contribution in [2.24, 2.45) is 0 Å². The van der Waals surface area contributed by atoms with Gasteiger partial charge in [-0.15, -0.1) is 0 Å². The Kier molecular flexibility index (Phi) is 6.77. The number of aryl methyl sites for hydroxylation is 1. The fraction of sp³-hybridized carbons (Fsp3) is 0.375. The zero-order chi connectivity index (χ0) is 21.8. The van der Waals surface area contributed by atoms with E-state index in [0.717, 1.165) is 12.7 Å². The van der Waals surface area contributed by atoms with Crippen LogP contribution in [0.25, 0.3) is 10.9 Å². The topological polar surface area (TPSA) is 72.8 Å². The predicted molar refractivity (Wildman–Crippen MR) is 115 cm³/mol. The number of nitrogens with zero attached hydrogens (tertiary/aromatic N) is 1. The van der Waals surface area contributed by atoms with Gasteiger partial charge in [0.05, 0.1) is 44.2 Å². The van der Waals surface area contributed by atoms with Crippen LogP contribution in [0, 0.1) is 12.7 Å². The van der Waals surface area contributed by atoms with Crippen molar-refractivity contribution >= 4 is 10.9 Å². The highest BCUT2D eigenvalue weighted by Crippen LogP contribution is 2.32. The first-order chi connectivity index (χ1) is 15.0. The maximum absolute atomic E-state index is 14.6. The first kappa shape index (κ1) is 21.6. The van der Waals surface area contributed by atoms with Crippen LogP contribution >= 0.6 is 0 Å². The van der Waals surface area contributed by atoms with Gasteiger partial charge in [0, 0.05) is 23.9 Å². The summed E-state index contributed by atoms with van der Waals surface area (Å²) in [5.74, 6) is 0.00251. The first-order valence-corrected chi connectivity index (χ1v) is 10.4. The summed E-state index contributed by atoms with van der Waals surface area (Å²) in [5.41, 5.74) is 3.18. The summed E-state index contributed by atoms with van der Waals surface area (Å²) in [5, 5.41) is 14.7. The Morgan fingerprint density at radius 3 is 2.65 bits per heavy atom. The van der Waals surface area contributed by atoms with E-state index in [0.29, 0.717) is 29.9 Å². The molecule has 0 amide bonds. The average molecular weight is 426 g/mol. The third kappa shape index (κ3) is 5.19. The predicted octanol–water partition coefficient (Wildman–Crippen LogP) is 3.65. The lowest BCUT2D eigenvalue weighted by Crippen LogP contribution is -2.44. The second-order valence-electron chi connectivity index (χ2n) is 7.81. The summed E-state index contributed by atoms with van der Waals surface area (Å²) in [6, 6.07) is 13.6. The summed E-state index contributed by atoms with van der Waals surface area (Å²) >= 11 is 0. The van der Waals surface area contributed by atoms with E-state index < -0.39 is 18.2 Å². The normalized spacial score (nSPS) is 20.0. The van der Waals surface area contributed by atoms with Gasteiger partial charge in [0.1, 0.15) is 11.6 Å². The maximum atomic E-state index is 14.6. The molecule has 0 aliphatic carbocycles. The summed E-state index contributed by atoms with van der Waals surface area (Å²) in [7, 11) is 1.54. The zero-order valence-electron chi connectivity index (χ0n) is 17.7. The molecular weight excluding hydrogens is 399 g/mol. The SMILES string of the molecule is COc1ccc2ncc(F)c(C(O)CC3OCC(NCc4ccc(C)cc4)CO3)c2c1. The number of hydrogen-bond acceptors (Lipinski definition) is 6. The van der Waals surface area contributed by atoms with Crippen molar-refractivity contribution in [1.82, 2.24) is 10.3 Å². The van der Waals surface area contributed by atoms with Crippen LogP contribution < -0.4 is 10.1 Å². The molecule has 164 valence electrons. The van der Waals surface area contributed by atoms with Gasteiger partial charge >= 0.3 is 0 Å². The minimum atomic E-state index is -1.10. The molecule has 2 aromatic carbocycles. The largest absolute Gasteiger partial charge is 0.497 e. The highest BCUT2D eigenvalue weighted by molar-refractivity contribution is 5.84. The number of aromatic nitrogens is 1. The van der Waals surface area contributed by atoms with Crippen LogP contribution in [-0.2, 0) is 16.0 Å². The molecule has 2 N–H and O–H groups in total. The molecule has 0 saturated carbocycles. The Bertz CT molecular complexity index is 1020. The van der Waals surface area contributed by atoms with Crippen LogP contribution in [0.15, 0.2) is 48.7 Å². The molecule has 1 atom stereocenters. The van der Waals surface area contributed by atoms with Crippen LogP contribution in [0.4, 0.5) is 4.39 Å². The monoisotopic (exact) mass is 426 g/mol. The van der Waals surface area contributed by atoms with Crippen LogP contribution in [0.5, 0.6) is 5.75 Å². The summed E-state index contributed by atoms with van der Waals surface area (Å²) in [6.07, 6.45) is -0.459. The second kappa shape index (κ2) is 9.70. The Hall–Kier alpha value is -2.58. The number of methoxy groups -OCH3 is 1. The van der Waals surface area contributed by atoms with Gasteiger partial charge in [-0.2, -0.15) is 0 Å². The maximum Gasteiger partial charge on any atom is 0.160 e. The summed E-state index contributed by atoms with van der Waals surface area (Å²) < 4.78 is 31.3. The van der Waals surface area contributed by atoms with E-state index in [1.165, 1.54) is 18.2 Å². The number of aliphatic hydroxyl groups excluding tert-OH is 1. The third-order valence-electron chi connectivity index (χ3n) is 5.50. The van der Waals surface area contributed by atoms with Gasteiger partial charge < -0.3 is 24.6 Å². The molecule has 7 heteroatoms. The highest BCUT2D eigenvalue weighted by atomic mass is 19.1. The van der Waals surface area contributed by atoms with Crippen LogP contribution in [0.3, 0.4) is 0 Å². The molecule has 6 nitrogen and oxygen atoms in total. The standard InChI is InChI=1S/C24H27FN2O4/c1-15-3-5-16(6-4-15)11-26-17-13-30-23(31-14-17)10-22(28)24-19-9-18(29-2)7-8-21(19)27-12-20(24)25/h3-9,12,17,22-23,26,28H,10-11,13-14H2,1-2H3. The summed E-state index contributed by atoms with van der Waals surface area (Å²) in [4.78, 5) is 4.09. The number of benzene rings is 2. The number of aliphatic hydroxyl groups is 1.